The highest BCUT2D eigenvalue weighted by atomic mass is 127. The van der Waals surface area contributed by atoms with E-state index in [1.807, 2.05) is 19.1 Å². The normalized spacial score (nSPS) is 16.1. The number of hydrogen-bond donors (Lipinski definition) is 2. The zero-order valence-electron chi connectivity index (χ0n) is 18.4. The lowest BCUT2D eigenvalue weighted by atomic mass is 10.0. The molecule has 7 nitrogen and oxygen atoms in total. The van der Waals surface area contributed by atoms with Crippen LogP contribution in [0.25, 0.3) is 0 Å². The summed E-state index contributed by atoms with van der Waals surface area (Å²) < 4.78 is 24.7. The fraction of sp³-hybridized carbons (Fsp3) is 0.545. The second-order valence-electron chi connectivity index (χ2n) is 7.67. The molecule has 0 radical (unpaired) electrons. The van der Waals surface area contributed by atoms with Gasteiger partial charge < -0.3 is 19.9 Å². The van der Waals surface area contributed by atoms with Crippen LogP contribution in [0.1, 0.15) is 49.7 Å². The minimum atomic E-state index is -0.224. The second-order valence-corrected chi connectivity index (χ2v) is 7.67. The van der Waals surface area contributed by atoms with Gasteiger partial charge in [-0.15, -0.1) is 24.0 Å². The third-order valence-corrected chi connectivity index (χ3v) is 5.09. The van der Waals surface area contributed by atoms with E-state index in [-0.39, 0.29) is 35.8 Å². The van der Waals surface area contributed by atoms with Gasteiger partial charge in [-0.3, -0.25) is 4.90 Å². The summed E-state index contributed by atoms with van der Waals surface area (Å²) in [5, 5.41) is 10.8. The van der Waals surface area contributed by atoms with E-state index in [0.717, 1.165) is 36.7 Å². The molecule has 31 heavy (non-hydrogen) atoms. The quantitative estimate of drug-likeness (QED) is 0.300. The highest BCUT2D eigenvalue weighted by Gasteiger charge is 2.23. The van der Waals surface area contributed by atoms with Gasteiger partial charge in [-0.1, -0.05) is 31.1 Å². The minimum absolute atomic E-state index is 0. The van der Waals surface area contributed by atoms with Crippen LogP contribution in [-0.2, 0) is 11.3 Å². The van der Waals surface area contributed by atoms with Crippen LogP contribution < -0.4 is 10.6 Å². The number of ether oxygens (including phenoxy) is 1. The SMILES string of the molecule is CCNC(=NCc1cc(C(C)C)no1)NCC(c1cccc(F)c1)N1CCOCC1.I. The topological polar surface area (TPSA) is 74.9 Å². The van der Waals surface area contributed by atoms with E-state index in [1.165, 1.54) is 6.07 Å². The van der Waals surface area contributed by atoms with Crippen molar-refractivity contribution in [2.45, 2.75) is 39.3 Å². The first kappa shape index (κ1) is 25.5. The number of nitrogens with one attached hydrogen (secondary N) is 2. The average molecular weight is 545 g/mol. The summed E-state index contributed by atoms with van der Waals surface area (Å²) in [4.78, 5) is 6.95. The van der Waals surface area contributed by atoms with Crippen LogP contribution in [0.15, 0.2) is 39.8 Å². The Morgan fingerprint density at radius 1 is 1.23 bits per heavy atom. The number of nitrogens with zero attached hydrogens (tertiary/aromatic N) is 3. The zero-order chi connectivity index (χ0) is 21.3. The molecule has 0 amide bonds. The van der Waals surface area contributed by atoms with Crippen LogP contribution in [0.2, 0.25) is 0 Å². The van der Waals surface area contributed by atoms with Crippen LogP contribution in [0, 0.1) is 5.82 Å². The molecule has 1 unspecified atom stereocenters. The number of morpholine rings is 1. The zero-order valence-corrected chi connectivity index (χ0v) is 20.8. The molecule has 1 aromatic carbocycles. The molecule has 2 N–H and O–H groups in total. The van der Waals surface area contributed by atoms with Gasteiger partial charge in [-0.2, -0.15) is 0 Å². The number of hydrogen-bond acceptors (Lipinski definition) is 5. The summed E-state index contributed by atoms with van der Waals surface area (Å²) in [6.45, 7) is 10.9. The van der Waals surface area contributed by atoms with Crippen molar-refractivity contribution in [1.82, 2.24) is 20.7 Å². The number of halogens is 2. The molecule has 0 saturated carbocycles. The fourth-order valence-corrected chi connectivity index (χ4v) is 3.43. The number of aliphatic imine (C=N–C) groups is 1. The summed E-state index contributed by atoms with van der Waals surface area (Å²) >= 11 is 0. The smallest absolute Gasteiger partial charge is 0.191 e. The maximum atomic E-state index is 13.9. The molecule has 1 aliphatic rings. The van der Waals surface area contributed by atoms with Gasteiger partial charge in [-0.25, -0.2) is 9.38 Å². The van der Waals surface area contributed by atoms with Crippen molar-refractivity contribution in [2.24, 2.45) is 4.99 Å². The summed E-state index contributed by atoms with van der Waals surface area (Å²) in [5.41, 5.74) is 1.87. The third kappa shape index (κ3) is 7.73. The maximum Gasteiger partial charge on any atom is 0.191 e. The molecular formula is C22H33FIN5O2. The minimum Gasteiger partial charge on any atom is -0.379 e. The molecule has 0 bridgehead atoms. The van der Waals surface area contributed by atoms with E-state index in [4.69, 9.17) is 9.26 Å². The lowest BCUT2D eigenvalue weighted by Gasteiger charge is -2.35. The summed E-state index contributed by atoms with van der Waals surface area (Å²) in [6, 6.07) is 8.77. The van der Waals surface area contributed by atoms with Crippen molar-refractivity contribution >= 4 is 29.9 Å². The molecule has 2 heterocycles. The monoisotopic (exact) mass is 545 g/mol. The maximum absolute atomic E-state index is 13.9. The van der Waals surface area contributed by atoms with E-state index in [0.29, 0.717) is 38.2 Å². The van der Waals surface area contributed by atoms with Gasteiger partial charge >= 0.3 is 0 Å². The summed E-state index contributed by atoms with van der Waals surface area (Å²) in [7, 11) is 0. The Balaban J connectivity index is 0.00000341. The molecule has 3 rings (SSSR count). The van der Waals surface area contributed by atoms with E-state index in [1.54, 1.807) is 12.1 Å². The second kappa shape index (κ2) is 13.0. The van der Waals surface area contributed by atoms with Crippen molar-refractivity contribution in [3.05, 3.63) is 53.2 Å². The van der Waals surface area contributed by atoms with Gasteiger partial charge in [0.25, 0.3) is 0 Å². The highest BCUT2D eigenvalue weighted by Crippen LogP contribution is 2.22. The van der Waals surface area contributed by atoms with Gasteiger partial charge in [0.1, 0.15) is 12.4 Å². The molecule has 1 saturated heterocycles. The van der Waals surface area contributed by atoms with Crippen LogP contribution in [-0.4, -0.2) is 55.4 Å². The van der Waals surface area contributed by atoms with E-state index in [2.05, 4.69) is 39.5 Å². The predicted molar refractivity (Wildman–Crippen MR) is 130 cm³/mol. The number of guanidine groups is 1. The summed E-state index contributed by atoms with van der Waals surface area (Å²) in [6.07, 6.45) is 0. The molecule has 9 heteroatoms. The Morgan fingerprint density at radius 3 is 2.65 bits per heavy atom. The number of rotatable bonds is 8. The highest BCUT2D eigenvalue weighted by molar-refractivity contribution is 14.0. The first-order valence-electron chi connectivity index (χ1n) is 10.6. The van der Waals surface area contributed by atoms with Crippen molar-refractivity contribution < 1.29 is 13.7 Å². The number of aromatic nitrogens is 1. The molecule has 1 atom stereocenters. The van der Waals surface area contributed by atoms with Gasteiger partial charge in [0.15, 0.2) is 11.7 Å². The van der Waals surface area contributed by atoms with Crippen LogP contribution in [0.4, 0.5) is 4.39 Å². The Hall–Kier alpha value is -1.72. The van der Waals surface area contributed by atoms with Crippen molar-refractivity contribution in [2.75, 3.05) is 39.4 Å². The number of benzene rings is 1. The lowest BCUT2D eigenvalue weighted by Crippen LogP contribution is -2.46. The molecule has 0 aliphatic carbocycles. The Bertz CT molecular complexity index is 824. The molecule has 1 aliphatic heterocycles. The van der Waals surface area contributed by atoms with Crippen LogP contribution in [0.5, 0.6) is 0 Å². The molecule has 1 fully saturated rings. The fourth-order valence-electron chi connectivity index (χ4n) is 3.43. The standard InChI is InChI=1S/C22H32FN5O2.HI/c1-4-24-22(25-14-19-13-20(16(2)3)27-30-19)26-15-21(28-8-10-29-11-9-28)17-6-5-7-18(23)12-17;/h5-7,12-13,16,21H,4,8-11,14-15H2,1-3H3,(H2,24,25,26);1H. The van der Waals surface area contributed by atoms with E-state index < -0.39 is 0 Å². The molecule has 172 valence electrons. The van der Waals surface area contributed by atoms with Crippen molar-refractivity contribution in [3.8, 4) is 0 Å². The van der Waals surface area contributed by atoms with Gasteiger partial charge in [0, 0.05) is 32.2 Å². The summed E-state index contributed by atoms with van der Waals surface area (Å²) in [5.74, 6) is 1.51. The molecule has 2 aromatic rings. The largest absolute Gasteiger partial charge is 0.379 e. The predicted octanol–water partition coefficient (Wildman–Crippen LogP) is 3.68. The van der Waals surface area contributed by atoms with Crippen LogP contribution in [0.3, 0.4) is 0 Å². The van der Waals surface area contributed by atoms with Gasteiger partial charge in [-0.05, 0) is 30.5 Å². The van der Waals surface area contributed by atoms with Crippen molar-refractivity contribution in [3.63, 3.8) is 0 Å². The first-order chi connectivity index (χ1) is 14.6. The van der Waals surface area contributed by atoms with E-state index >= 15 is 0 Å². The van der Waals surface area contributed by atoms with Gasteiger partial charge in [0.05, 0.1) is 24.9 Å². The van der Waals surface area contributed by atoms with Crippen LogP contribution >= 0.6 is 24.0 Å². The van der Waals surface area contributed by atoms with Gasteiger partial charge in [0.2, 0.25) is 0 Å². The first-order valence-corrected chi connectivity index (χ1v) is 10.6. The molecular weight excluding hydrogens is 512 g/mol. The van der Waals surface area contributed by atoms with E-state index in [9.17, 15) is 4.39 Å². The average Bonchev–Trinajstić information content (AvgIpc) is 3.22. The Labute approximate surface area is 200 Å². The Morgan fingerprint density at radius 2 is 2.00 bits per heavy atom. The Kier molecular flexibility index (Phi) is 10.7. The van der Waals surface area contributed by atoms with Crippen molar-refractivity contribution in [1.29, 1.82) is 0 Å². The molecule has 1 aromatic heterocycles. The molecule has 0 spiro atoms. The third-order valence-electron chi connectivity index (χ3n) is 5.09. The lowest BCUT2D eigenvalue weighted by molar-refractivity contribution is 0.0169.